The van der Waals surface area contributed by atoms with E-state index in [1.165, 1.54) is 0 Å². The van der Waals surface area contributed by atoms with Gasteiger partial charge < -0.3 is 0 Å². The molecule has 0 amide bonds. The number of rotatable bonds is 2. The summed E-state index contributed by atoms with van der Waals surface area (Å²) in [6.45, 7) is 6.95. The van der Waals surface area contributed by atoms with Crippen molar-refractivity contribution in [1.29, 1.82) is 0 Å². The molecule has 0 N–H and O–H groups in total. The molecule has 57 valence electrons. The minimum absolute atomic E-state index is 0.0532. The van der Waals surface area contributed by atoms with Crippen LogP contribution in [0.15, 0.2) is 0 Å². The summed E-state index contributed by atoms with van der Waals surface area (Å²) in [5.74, 6) is -0.637. The molecular weight excluding hydrogens is 128 g/mol. The van der Waals surface area contributed by atoms with Crippen molar-refractivity contribution in [2.24, 2.45) is 11.3 Å². The fraction of sp³-hybridized carbons (Fsp3) is 0.750. The van der Waals surface area contributed by atoms with E-state index in [0.29, 0.717) is 0 Å². The first-order valence-electron chi connectivity index (χ1n) is 3.31. The summed E-state index contributed by atoms with van der Waals surface area (Å²) in [4.78, 5) is 21.2. The summed E-state index contributed by atoms with van der Waals surface area (Å²) in [7, 11) is 0. The number of Topliss-reactive ketones (excluding diaryl/α,β-unsaturated/α-hetero) is 1. The average molecular weight is 141 g/mol. The Kier molecular flexibility index (Phi) is 2.76. The maximum absolute atomic E-state index is 11.1. The molecule has 0 aliphatic carbocycles. The molecule has 0 spiro atoms. The molecule has 10 heavy (non-hydrogen) atoms. The predicted molar refractivity (Wildman–Crippen MR) is 39.3 cm³/mol. The zero-order valence-electron chi connectivity index (χ0n) is 6.89. The van der Waals surface area contributed by atoms with Crippen molar-refractivity contribution in [3.63, 3.8) is 0 Å². The summed E-state index contributed by atoms with van der Waals surface area (Å²) in [6, 6.07) is 0. The average Bonchev–Trinajstić information content (AvgIpc) is 1.83. The van der Waals surface area contributed by atoms with Gasteiger partial charge in [-0.3, -0.25) is 9.59 Å². The van der Waals surface area contributed by atoms with Gasteiger partial charge in [0.1, 0.15) is 5.78 Å². The van der Waals surface area contributed by atoms with E-state index in [9.17, 15) is 9.59 Å². The van der Waals surface area contributed by atoms with Crippen LogP contribution < -0.4 is 0 Å². The molecule has 0 saturated heterocycles. The van der Waals surface area contributed by atoms with Crippen LogP contribution in [0.1, 0.15) is 27.7 Å². The zero-order chi connectivity index (χ0) is 8.36. The largest absolute Gasteiger partial charge is 0.298 e. The molecule has 0 rings (SSSR count). The van der Waals surface area contributed by atoms with E-state index in [4.69, 9.17) is 0 Å². The van der Waals surface area contributed by atoms with Gasteiger partial charge >= 0.3 is 0 Å². The predicted octanol–water partition coefficient (Wildman–Crippen LogP) is 1.35. The molecule has 0 bridgehead atoms. The van der Waals surface area contributed by atoms with Crippen molar-refractivity contribution < 1.29 is 9.59 Å². The van der Waals surface area contributed by atoms with Gasteiger partial charge in [-0.25, -0.2) is 0 Å². The summed E-state index contributed by atoms with van der Waals surface area (Å²) >= 11 is 0. The third-order valence-electron chi connectivity index (χ3n) is 1.31. The standard InChI is InChI=1S/C8H13O2/c1-6(5-9)7(10)8(2,3)4/h6H,1-4H3. The van der Waals surface area contributed by atoms with Crippen LogP contribution in [-0.2, 0) is 9.59 Å². The molecule has 0 aromatic heterocycles. The molecule has 0 aromatic carbocycles. The molecule has 1 atom stereocenters. The van der Waals surface area contributed by atoms with E-state index < -0.39 is 11.3 Å². The lowest BCUT2D eigenvalue weighted by molar-refractivity contribution is -0.127. The van der Waals surface area contributed by atoms with Crippen molar-refractivity contribution in [2.75, 3.05) is 0 Å². The van der Waals surface area contributed by atoms with Gasteiger partial charge in [0.2, 0.25) is 6.29 Å². The fourth-order valence-electron chi connectivity index (χ4n) is 0.703. The van der Waals surface area contributed by atoms with Crippen LogP contribution in [0.2, 0.25) is 0 Å². The Morgan fingerprint density at radius 1 is 1.40 bits per heavy atom. The van der Waals surface area contributed by atoms with Crippen LogP contribution in [-0.4, -0.2) is 12.1 Å². The van der Waals surface area contributed by atoms with Crippen molar-refractivity contribution in [3.05, 3.63) is 0 Å². The highest BCUT2D eigenvalue weighted by atomic mass is 16.1. The fourth-order valence-corrected chi connectivity index (χ4v) is 0.703. The van der Waals surface area contributed by atoms with E-state index in [-0.39, 0.29) is 5.78 Å². The molecular formula is C8H13O2. The minimum Gasteiger partial charge on any atom is -0.298 e. The first-order valence-corrected chi connectivity index (χ1v) is 3.31. The third kappa shape index (κ3) is 2.29. The number of ketones is 1. The van der Waals surface area contributed by atoms with E-state index in [1.807, 2.05) is 0 Å². The topological polar surface area (TPSA) is 34.1 Å². The number of hydrogen-bond donors (Lipinski definition) is 0. The second-order valence-corrected chi connectivity index (χ2v) is 3.45. The summed E-state index contributed by atoms with van der Waals surface area (Å²) in [5, 5.41) is 0. The van der Waals surface area contributed by atoms with Crippen molar-refractivity contribution >= 4 is 12.1 Å². The van der Waals surface area contributed by atoms with Gasteiger partial charge in [-0.15, -0.1) is 0 Å². The van der Waals surface area contributed by atoms with Gasteiger partial charge in [0.15, 0.2) is 0 Å². The molecule has 2 heteroatoms. The first kappa shape index (κ1) is 9.34. The van der Waals surface area contributed by atoms with Gasteiger partial charge in [-0.05, 0) is 6.92 Å². The monoisotopic (exact) mass is 141 g/mol. The highest BCUT2D eigenvalue weighted by Crippen LogP contribution is 2.18. The van der Waals surface area contributed by atoms with Crippen LogP contribution in [0.25, 0.3) is 0 Å². The Morgan fingerprint density at radius 2 is 1.80 bits per heavy atom. The Hall–Kier alpha value is -0.660. The quantitative estimate of drug-likeness (QED) is 0.544. The highest BCUT2D eigenvalue weighted by molar-refractivity contribution is 5.96. The third-order valence-corrected chi connectivity index (χ3v) is 1.31. The normalized spacial score (nSPS) is 14.4. The Labute approximate surface area is 61.6 Å². The summed E-state index contributed by atoms with van der Waals surface area (Å²) < 4.78 is 0. The van der Waals surface area contributed by atoms with Gasteiger partial charge in [0.05, 0.1) is 5.92 Å². The molecule has 2 nitrogen and oxygen atoms in total. The zero-order valence-corrected chi connectivity index (χ0v) is 6.89. The minimum atomic E-state index is -0.583. The van der Waals surface area contributed by atoms with E-state index in [0.717, 1.165) is 0 Å². The van der Waals surface area contributed by atoms with Gasteiger partial charge in [-0.1, -0.05) is 20.8 Å². The Morgan fingerprint density at radius 3 is 1.90 bits per heavy atom. The molecule has 0 saturated carbocycles. The van der Waals surface area contributed by atoms with Gasteiger partial charge in [0, 0.05) is 5.41 Å². The van der Waals surface area contributed by atoms with Crippen LogP contribution in [0.3, 0.4) is 0 Å². The molecule has 0 heterocycles. The number of carbonyl (C=O) groups excluding carboxylic acids is 2. The van der Waals surface area contributed by atoms with Crippen molar-refractivity contribution in [1.82, 2.24) is 0 Å². The number of hydrogen-bond acceptors (Lipinski definition) is 2. The molecule has 0 fully saturated rings. The maximum atomic E-state index is 11.1. The molecule has 1 unspecified atom stereocenters. The lowest BCUT2D eigenvalue weighted by atomic mass is 9.84. The summed E-state index contributed by atoms with van der Waals surface area (Å²) in [6.07, 6.45) is 1.67. The molecule has 1 radical (unpaired) electrons. The van der Waals surface area contributed by atoms with Crippen LogP contribution in [0, 0.1) is 11.3 Å². The van der Waals surface area contributed by atoms with E-state index in [1.54, 1.807) is 34.0 Å². The van der Waals surface area contributed by atoms with Crippen molar-refractivity contribution in [2.45, 2.75) is 27.7 Å². The molecule has 0 aromatic rings. The molecule has 0 aliphatic heterocycles. The van der Waals surface area contributed by atoms with Crippen molar-refractivity contribution in [3.8, 4) is 0 Å². The highest BCUT2D eigenvalue weighted by Gasteiger charge is 2.26. The second kappa shape index (κ2) is 2.95. The van der Waals surface area contributed by atoms with E-state index in [2.05, 4.69) is 0 Å². The number of carbonyl (C=O) groups is 1. The summed E-state index contributed by atoms with van der Waals surface area (Å²) in [5.41, 5.74) is -0.420. The SMILES string of the molecule is CC([C]=O)C(=O)C(C)(C)C. The smallest absolute Gasteiger partial charge is 0.209 e. The lowest BCUT2D eigenvalue weighted by Crippen LogP contribution is -2.27. The lowest BCUT2D eigenvalue weighted by Gasteiger charge is -2.17. The van der Waals surface area contributed by atoms with Gasteiger partial charge in [0.25, 0.3) is 0 Å². The first-order chi connectivity index (χ1) is 4.39. The van der Waals surface area contributed by atoms with Crippen LogP contribution in [0.5, 0.6) is 0 Å². The van der Waals surface area contributed by atoms with E-state index >= 15 is 0 Å². The second-order valence-electron chi connectivity index (χ2n) is 3.45. The molecule has 0 aliphatic rings. The Bertz CT molecular complexity index is 142. The Balaban J connectivity index is 4.22. The maximum Gasteiger partial charge on any atom is 0.209 e. The van der Waals surface area contributed by atoms with Gasteiger partial charge in [-0.2, -0.15) is 0 Å². The van der Waals surface area contributed by atoms with Crippen LogP contribution >= 0.6 is 0 Å². The van der Waals surface area contributed by atoms with Crippen LogP contribution in [0.4, 0.5) is 0 Å².